The Morgan fingerprint density at radius 2 is 2.09 bits per heavy atom. The molecule has 3 heterocycles. The van der Waals surface area contributed by atoms with Crippen LogP contribution in [0, 0.1) is 6.92 Å². The summed E-state index contributed by atoms with van der Waals surface area (Å²) in [6.07, 6.45) is 2.30. The summed E-state index contributed by atoms with van der Waals surface area (Å²) < 4.78 is 30.5. The van der Waals surface area contributed by atoms with Crippen molar-refractivity contribution >= 4 is 23.2 Å². The summed E-state index contributed by atoms with van der Waals surface area (Å²) in [6.45, 7) is 1.99. The van der Waals surface area contributed by atoms with E-state index in [1.807, 2.05) is 13.0 Å². The molecule has 0 radical (unpaired) electrons. The van der Waals surface area contributed by atoms with Crippen LogP contribution in [0.15, 0.2) is 47.5 Å². The van der Waals surface area contributed by atoms with E-state index in [1.54, 1.807) is 6.07 Å². The monoisotopic (exact) mass is 466 g/mol. The maximum atomic E-state index is 14.5. The summed E-state index contributed by atoms with van der Waals surface area (Å²) in [4.78, 5) is 20.7. The van der Waals surface area contributed by atoms with Gasteiger partial charge in [-0.2, -0.15) is 8.78 Å². The van der Waals surface area contributed by atoms with Gasteiger partial charge in [0.15, 0.2) is 5.82 Å². The minimum absolute atomic E-state index is 0.0794. The van der Waals surface area contributed by atoms with E-state index in [-0.39, 0.29) is 17.5 Å². The van der Waals surface area contributed by atoms with Crippen LogP contribution in [0.5, 0.6) is 0 Å². The number of aryl methyl sites for hydroxylation is 1. The molecule has 0 fully saturated rings. The highest BCUT2D eigenvalue weighted by molar-refractivity contribution is 6.29. The maximum Gasteiger partial charge on any atom is 0.351 e. The van der Waals surface area contributed by atoms with Crippen molar-refractivity contribution in [2.75, 3.05) is 24.1 Å². The Balaban J connectivity index is 1.64. The number of aromatic nitrogens is 4. The van der Waals surface area contributed by atoms with Gasteiger partial charge >= 0.3 is 11.6 Å². The van der Waals surface area contributed by atoms with Crippen molar-refractivity contribution in [3.8, 4) is 0 Å². The maximum absolute atomic E-state index is 14.5. The van der Waals surface area contributed by atoms with Gasteiger partial charge < -0.3 is 16.4 Å². The molecule has 3 aromatic rings. The average Bonchev–Trinajstić information content (AvgIpc) is 2.74. The van der Waals surface area contributed by atoms with Crippen LogP contribution in [0.1, 0.15) is 17.0 Å². The lowest BCUT2D eigenvalue weighted by molar-refractivity contribution is -0.913. The van der Waals surface area contributed by atoms with Gasteiger partial charge in [0.25, 0.3) is 5.56 Å². The molecule has 170 valence electrons. The third-order valence-corrected chi connectivity index (χ3v) is 5.04. The highest BCUT2D eigenvalue weighted by Gasteiger charge is 2.41. The Hall–Kier alpha value is -3.31. The normalized spacial score (nSPS) is 11.5. The van der Waals surface area contributed by atoms with Crippen molar-refractivity contribution < 1.29 is 18.7 Å². The van der Waals surface area contributed by atoms with Crippen molar-refractivity contribution in [2.45, 2.75) is 25.9 Å². The van der Waals surface area contributed by atoms with Gasteiger partial charge in [0.05, 0.1) is 12.7 Å². The fourth-order valence-electron chi connectivity index (χ4n) is 3.02. The summed E-state index contributed by atoms with van der Waals surface area (Å²) in [6, 6.07) is 7.43. The largest absolute Gasteiger partial charge is 0.384 e. The van der Waals surface area contributed by atoms with Crippen LogP contribution in [-0.4, -0.2) is 32.8 Å². The summed E-state index contributed by atoms with van der Waals surface area (Å²) in [5.41, 5.74) is 6.14. The molecular weight excluding hydrogens is 444 g/mol. The fraction of sp³-hybridized carbons (Fsp3) is 0.300. The molecule has 0 spiro atoms. The first-order chi connectivity index (χ1) is 15.2. The molecule has 0 saturated carbocycles. The molecule has 5 N–H and O–H groups in total. The topological polar surface area (TPSA) is 122 Å². The zero-order valence-corrected chi connectivity index (χ0v) is 18.0. The molecule has 0 aliphatic carbocycles. The fourth-order valence-corrected chi connectivity index (χ4v) is 3.23. The lowest BCUT2D eigenvalue weighted by Crippen LogP contribution is -2.43. The molecule has 0 atom stereocenters. The van der Waals surface area contributed by atoms with E-state index in [9.17, 15) is 18.8 Å². The summed E-state index contributed by atoms with van der Waals surface area (Å²) in [5.74, 6) is -3.29. The van der Waals surface area contributed by atoms with Crippen LogP contribution in [0.25, 0.3) is 0 Å². The predicted molar refractivity (Wildman–Crippen MR) is 115 cm³/mol. The number of nitrogens with zero attached hydrogens (tertiary/aromatic N) is 4. The third-order valence-electron chi connectivity index (χ3n) is 4.74. The molecule has 9 nitrogen and oxygen atoms in total. The zero-order valence-electron chi connectivity index (χ0n) is 17.2. The molecule has 3 aromatic heterocycles. The molecule has 0 bridgehead atoms. The molecule has 0 aromatic carbocycles. The van der Waals surface area contributed by atoms with Crippen molar-refractivity contribution in [3.63, 3.8) is 0 Å². The number of rotatable bonds is 9. The van der Waals surface area contributed by atoms with Crippen LogP contribution in [0.2, 0.25) is 5.15 Å². The number of alkyl halides is 2. The third kappa shape index (κ3) is 5.48. The minimum Gasteiger partial charge on any atom is -0.384 e. The first kappa shape index (κ1) is 23.4. The Bertz CT molecular complexity index is 1160. The molecule has 12 heteroatoms. The van der Waals surface area contributed by atoms with E-state index in [0.717, 1.165) is 23.5 Å². The van der Waals surface area contributed by atoms with E-state index >= 15 is 0 Å². The lowest BCUT2D eigenvalue weighted by Gasteiger charge is -2.15. The first-order valence-electron chi connectivity index (χ1n) is 9.69. The van der Waals surface area contributed by atoms with E-state index in [4.69, 9.17) is 17.3 Å². The number of nitrogens with one attached hydrogen (secondary N) is 2. The van der Waals surface area contributed by atoms with E-state index < -0.39 is 23.7 Å². The quantitative estimate of drug-likeness (QED) is 0.215. The molecule has 0 aliphatic rings. The summed E-state index contributed by atoms with van der Waals surface area (Å²) >= 11 is 6.08. The SMILES string of the molecule is Cc1nc(N)ccc1CNCCn1c(Cl)cnc(NCC(F)(F)c2cccc[n+]2O)c1=O. The zero-order chi connectivity index (χ0) is 23.3. The van der Waals surface area contributed by atoms with Gasteiger partial charge in [0.1, 0.15) is 11.0 Å². The number of anilines is 2. The average molecular weight is 467 g/mol. The smallest absolute Gasteiger partial charge is 0.351 e. The van der Waals surface area contributed by atoms with Crippen LogP contribution in [-0.2, 0) is 19.0 Å². The highest BCUT2D eigenvalue weighted by Crippen LogP contribution is 2.24. The second kappa shape index (κ2) is 9.88. The van der Waals surface area contributed by atoms with Crippen LogP contribution >= 0.6 is 11.6 Å². The van der Waals surface area contributed by atoms with Crippen molar-refractivity contribution in [2.24, 2.45) is 0 Å². The van der Waals surface area contributed by atoms with Crippen molar-refractivity contribution in [1.82, 2.24) is 19.9 Å². The van der Waals surface area contributed by atoms with Gasteiger partial charge in [-0.3, -0.25) is 14.6 Å². The molecule has 3 rings (SSSR count). The molecular formula is C20H23ClF2N7O2+. The minimum atomic E-state index is -3.46. The van der Waals surface area contributed by atoms with Crippen molar-refractivity contribution in [1.29, 1.82) is 0 Å². The highest BCUT2D eigenvalue weighted by atomic mass is 35.5. The van der Waals surface area contributed by atoms with Crippen molar-refractivity contribution in [3.05, 3.63) is 75.2 Å². The number of hydrogen-bond acceptors (Lipinski definition) is 7. The number of nitrogen functional groups attached to an aromatic ring is 1. The Morgan fingerprint density at radius 3 is 2.81 bits per heavy atom. The standard InChI is InChI=1S/C20H23ClF2N7O2/c1-13-14(5-6-17(24)28-13)10-25-7-9-29-16(21)11-26-18(19(29)31)27-12-20(22,23)15-4-2-3-8-30(15)32/h2-6,8,11,25,32H,7,9-10,12H2,1H3,(H2,24,28)(H,26,27)/q+1. The van der Waals surface area contributed by atoms with Gasteiger partial charge in [-0.15, -0.1) is 0 Å². The van der Waals surface area contributed by atoms with Gasteiger partial charge in [-0.25, -0.2) is 9.97 Å². The number of pyridine rings is 2. The second-order valence-corrected chi connectivity index (χ2v) is 7.42. The van der Waals surface area contributed by atoms with Gasteiger partial charge in [-0.05, 0) is 24.6 Å². The van der Waals surface area contributed by atoms with Gasteiger partial charge in [0.2, 0.25) is 6.20 Å². The molecule has 0 unspecified atom stereocenters. The Kier molecular flexibility index (Phi) is 7.21. The van der Waals surface area contributed by atoms with E-state index in [2.05, 4.69) is 20.6 Å². The molecule has 0 saturated heterocycles. The number of hydrogen-bond donors (Lipinski definition) is 4. The number of halogens is 3. The van der Waals surface area contributed by atoms with Gasteiger partial charge in [0, 0.05) is 42.2 Å². The summed E-state index contributed by atoms with van der Waals surface area (Å²) in [5, 5.41) is 15.2. The first-order valence-corrected chi connectivity index (χ1v) is 10.1. The Labute approximate surface area is 187 Å². The van der Waals surface area contributed by atoms with Crippen LogP contribution < -0.4 is 26.7 Å². The summed E-state index contributed by atoms with van der Waals surface area (Å²) in [7, 11) is 0. The molecule has 0 amide bonds. The van der Waals surface area contributed by atoms with Gasteiger partial charge in [-0.1, -0.05) is 17.7 Å². The van der Waals surface area contributed by atoms with Crippen LogP contribution in [0.4, 0.5) is 20.4 Å². The predicted octanol–water partition coefficient (Wildman–Crippen LogP) is 1.70. The van der Waals surface area contributed by atoms with Crippen LogP contribution in [0.3, 0.4) is 0 Å². The number of nitrogens with two attached hydrogens (primary N) is 1. The van der Waals surface area contributed by atoms with E-state index in [0.29, 0.717) is 23.6 Å². The molecule has 32 heavy (non-hydrogen) atoms. The van der Waals surface area contributed by atoms with E-state index in [1.165, 1.54) is 22.9 Å². The molecule has 0 aliphatic heterocycles. The second-order valence-electron chi connectivity index (χ2n) is 7.03. The Morgan fingerprint density at radius 1 is 1.31 bits per heavy atom. The lowest BCUT2D eigenvalue weighted by atomic mass is 10.2.